The van der Waals surface area contributed by atoms with Crippen molar-refractivity contribution in [1.29, 1.82) is 0 Å². The van der Waals surface area contributed by atoms with Crippen molar-refractivity contribution < 1.29 is 4.79 Å². The number of Topliss-reactive ketones (excluding diaryl/α,β-unsaturated/α-hetero) is 1. The van der Waals surface area contributed by atoms with Gasteiger partial charge in [0.05, 0.1) is 11.1 Å². The molecule has 0 radical (unpaired) electrons. The molecule has 82 valence electrons. The van der Waals surface area contributed by atoms with Gasteiger partial charge in [-0.25, -0.2) is 0 Å². The molecule has 1 aromatic carbocycles. The number of pyridine rings is 1. The number of aromatic nitrogens is 1. The predicted octanol–water partition coefficient (Wildman–Crippen LogP) is 2.69. The maximum Gasteiger partial charge on any atom is 0.200 e. The minimum absolute atomic E-state index is 0.175. The fourth-order valence-electron chi connectivity index (χ4n) is 1.68. The minimum Gasteiger partial charge on any atom is -0.360 e. The molecule has 2 aromatic rings. The Morgan fingerprint density at radius 1 is 1.38 bits per heavy atom. The molecule has 0 bridgehead atoms. The van der Waals surface area contributed by atoms with Gasteiger partial charge in [-0.15, -0.1) is 0 Å². The van der Waals surface area contributed by atoms with Gasteiger partial charge in [-0.1, -0.05) is 11.6 Å². The van der Waals surface area contributed by atoms with Crippen LogP contribution in [0.25, 0.3) is 10.9 Å². The largest absolute Gasteiger partial charge is 0.360 e. The first-order valence-electron chi connectivity index (χ1n) is 4.84. The summed E-state index contributed by atoms with van der Waals surface area (Å²) < 4.78 is 0. The zero-order valence-corrected chi connectivity index (χ0v) is 9.68. The van der Waals surface area contributed by atoms with Crippen LogP contribution in [0, 0.1) is 6.92 Å². The molecule has 2 rings (SSSR count). The fourth-order valence-corrected chi connectivity index (χ4v) is 1.84. The van der Waals surface area contributed by atoms with Crippen molar-refractivity contribution in [2.75, 3.05) is 0 Å². The lowest BCUT2D eigenvalue weighted by atomic mass is 10.1. The van der Waals surface area contributed by atoms with Crippen LogP contribution < -0.4 is 5.43 Å². The van der Waals surface area contributed by atoms with Crippen molar-refractivity contribution >= 4 is 28.3 Å². The number of hydrogen-bond donors (Lipinski definition) is 1. The van der Waals surface area contributed by atoms with Crippen LogP contribution >= 0.6 is 11.6 Å². The van der Waals surface area contributed by atoms with Crippen LogP contribution in [0.2, 0.25) is 5.02 Å². The summed E-state index contributed by atoms with van der Waals surface area (Å²) in [6.45, 7) is 3.20. The van der Waals surface area contributed by atoms with E-state index in [0.29, 0.717) is 15.9 Å². The Hall–Kier alpha value is -1.61. The van der Waals surface area contributed by atoms with Crippen LogP contribution in [0.15, 0.2) is 23.1 Å². The predicted molar refractivity (Wildman–Crippen MR) is 64.3 cm³/mol. The number of rotatable bonds is 1. The van der Waals surface area contributed by atoms with Crippen molar-refractivity contribution in [2.45, 2.75) is 13.8 Å². The summed E-state index contributed by atoms with van der Waals surface area (Å²) in [7, 11) is 0. The number of carbonyl (C=O) groups is 1. The zero-order chi connectivity index (χ0) is 11.9. The Balaban J connectivity index is 2.93. The second-order valence-electron chi connectivity index (χ2n) is 3.68. The molecule has 0 amide bonds. The summed E-state index contributed by atoms with van der Waals surface area (Å²) in [5.74, 6) is -0.240. The van der Waals surface area contributed by atoms with E-state index in [9.17, 15) is 9.59 Å². The molecule has 0 saturated heterocycles. The quantitative estimate of drug-likeness (QED) is 0.773. The number of benzene rings is 1. The van der Waals surface area contributed by atoms with Crippen LogP contribution in [-0.2, 0) is 0 Å². The molecule has 0 aliphatic carbocycles. The number of fused-ring (bicyclic) bond motifs is 1. The molecule has 0 aliphatic heterocycles. The van der Waals surface area contributed by atoms with Crippen LogP contribution in [0.5, 0.6) is 0 Å². The zero-order valence-electron chi connectivity index (χ0n) is 8.93. The average Bonchev–Trinajstić information content (AvgIpc) is 2.23. The third kappa shape index (κ3) is 1.53. The third-order valence-corrected chi connectivity index (χ3v) is 3.04. The normalized spacial score (nSPS) is 10.7. The van der Waals surface area contributed by atoms with Gasteiger partial charge in [0.25, 0.3) is 0 Å². The van der Waals surface area contributed by atoms with E-state index in [-0.39, 0.29) is 16.8 Å². The Labute approximate surface area is 97.1 Å². The summed E-state index contributed by atoms with van der Waals surface area (Å²) in [4.78, 5) is 26.1. The van der Waals surface area contributed by atoms with Crippen LogP contribution in [0.1, 0.15) is 22.8 Å². The molecule has 1 N–H and O–H groups in total. The lowest BCUT2D eigenvalue weighted by Crippen LogP contribution is -2.14. The van der Waals surface area contributed by atoms with E-state index >= 15 is 0 Å². The first kappa shape index (κ1) is 10.9. The summed E-state index contributed by atoms with van der Waals surface area (Å²) >= 11 is 5.95. The summed E-state index contributed by atoms with van der Waals surface area (Å²) in [6, 6.07) is 3.30. The molecule has 4 heteroatoms. The standard InChI is InChI=1S/C12H10ClNO2/c1-6-10(13)4-3-8-11(6)14-5-9(7(2)15)12(8)16/h3-5H,1-2H3,(H,14,16). The van der Waals surface area contributed by atoms with Crippen molar-refractivity contribution in [3.05, 3.63) is 44.7 Å². The molecular formula is C12H10ClNO2. The molecule has 0 atom stereocenters. The lowest BCUT2D eigenvalue weighted by molar-refractivity contribution is 0.101. The van der Waals surface area contributed by atoms with E-state index in [1.54, 1.807) is 12.1 Å². The van der Waals surface area contributed by atoms with Gasteiger partial charge in [-0.05, 0) is 31.5 Å². The molecule has 0 aliphatic rings. The summed E-state index contributed by atoms with van der Waals surface area (Å²) in [6.07, 6.45) is 1.44. The number of H-pyrrole nitrogens is 1. The minimum atomic E-state index is -0.249. The Morgan fingerprint density at radius 3 is 2.69 bits per heavy atom. The van der Waals surface area contributed by atoms with Gasteiger partial charge in [0, 0.05) is 16.6 Å². The smallest absolute Gasteiger partial charge is 0.200 e. The molecule has 1 heterocycles. The number of carbonyl (C=O) groups excluding carboxylic acids is 1. The molecule has 16 heavy (non-hydrogen) atoms. The molecule has 0 saturated carbocycles. The van der Waals surface area contributed by atoms with Gasteiger partial charge < -0.3 is 4.98 Å². The van der Waals surface area contributed by atoms with Crippen LogP contribution in [0.4, 0.5) is 0 Å². The van der Waals surface area contributed by atoms with E-state index < -0.39 is 0 Å². The highest BCUT2D eigenvalue weighted by atomic mass is 35.5. The van der Waals surface area contributed by atoms with Gasteiger partial charge in [0.1, 0.15) is 0 Å². The summed E-state index contributed by atoms with van der Waals surface area (Å²) in [5.41, 5.74) is 1.42. The highest BCUT2D eigenvalue weighted by Crippen LogP contribution is 2.21. The van der Waals surface area contributed by atoms with Crippen molar-refractivity contribution in [1.82, 2.24) is 4.98 Å². The van der Waals surface area contributed by atoms with E-state index in [4.69, 9.17) is 11.6 Å². The van der Waals surface area contributed by atoms with Gasteiger partial charge in [-0.3, -0.25) is 9.59 Å². The highest BCUT2D eigenvalue weighted by molar-refractivity contribution is 6.32. The van der Waals surface area contributed by atoms with Crippen molar-refractivity contribution in [3.63, 3.8) is 0 Å². The fraction of sp³-hybridized carbons (Fsp3) is 0.167. The molecule has 0 spiro atoms. The topological polar surface area (TPSA) is 49.9 Å². The number of halogens is 1. The molecular weight excluding hydrogens is 226 g/mol. The first-order valence-corrected chi connectivity index (χ1v) is 5.21. The van der Waals surface area contributed by atoms with E-state index in [1.165, 1.54) is 13.1 Å². The number of aryl methyl sites for hydroxylation is 1. The van der Waals surface area contributed by atoms with Crippen LogP contribution in [0.3, 0.4) is 0 Å². The van der Waals surface area contributed by atoms with E-state index in [0.717, 1.165) is 5.56 Å². The molecule has 0 unspecified atom stereocenters. The summed E-state index contributed by atoms with van der Waals surface area (Å²) in [5, 5.41) is 1.09. The maximum absolute atomic E-state index is 11.9. The van der Waals surface area contributed by atoms with E-state index in [1.807, 2.05) is 6.92 Å². The maximum atomic E-state index is 11.9. The monoisotopic (exact) mass is 235 g/mol. The average molecular weight is 236 g/mol. The highest BCUT2D eigenvalue weighted by Gasteiger charge is 2.11. The SMILES string of the molecule is CC(=O)c1c[nH]c2c(C)c(Cl)ccc2c1=O. The van der Waals surface area contributed by atoms with Crippen molar-refractivity contribution in [2.24, 2.45) is 0 Å². The van der Waals surface area contributed by atoms with Gasteiger partial charge in [-0.2, -0.15) is 0 Å². The molecule has 0 fully saturated rings. The number of aromatic amines is 1. The Morgan fingerprint density at radius 2 is 2.06 bits per heavy atom. The van der Waals surface area contributed by atoms with E-state index in [2.05, 4.69) is 4.98 Å². The number of ketones is 1. The second kappa shape index (κ2) is 3.76. The Kier molecular flexibility index (Phi) is 2.56. The van der Waals surface area contributed by atoms with Gasteiger partial charge >= 0.3 is 0 Å². The Bertz CT molecular complexity index is 643. The first-order chi connectivity index (χ1) is 7.52. The molecule has 3 nitrogen and oxygen atoms in total. The van der Waals surface area contributed by atoms with Gasteiger partial charge in [0.2, 0.25) is 0 Å². The lowest BCUT2D eigenvalue weighted by Gasteiger charge is -2.05. The molecule has 1 aromatic heterocycles. The number of hydrogen-bond acceptors (Lipinski definition) is 2. The van der Waals surface area contributed by atoms with Crippen LogP contribution in [-0.4, -0.2) is 10.8 Å². The third-order valence-electron chi connectivity index (χ3n) is 2.63. The number of nitrogens with one attached hydrogen (secondary N) is 1. The second-order valence-corrected chi connectivity index (χ2v) is 4.09. The van der Waals surface area contributed by atoms with Crippen molar-refractivity contribution in [3.8, 4) is 0 Å². The van der Waals surface area contributed by atoms with Gasteiger partial charge in [0.15, 0.2) is 11.2 Å².